The third-order valence-electron chi connectivity index (χ3n) is 3.28. The summed E-state index contributed by atoms with van der Waals surface area (Å²) in [6.07, 6.45) is 3.50. The molecule has 1 aromatic heterocycles. The van der Waals surface area contributed by atoms with Gasteiger partial charge in [-0.25, -0.2) is 4.68 Å². The zero-order valence-electron chi connectivity index (χ0n) is 10.6. The fourth-order valence-corrected chi connectivity index (χ4v) is 2.09. The lowest BCUT2D eigenvalue weighted by molar-refractivity contribution is -0.121. The molecule has 1 amide bonds. The number of Topliss-reactive ketones (excluding diaryl/α,β-unsaturated/α-hetero) is 1. The highest BCUT2D eigenvalue weighted by Crippen LogP contribution is 2.22. The number of benzene rings is 1. The van der Waals surface area contributed by atoms with Crippen LogP contribution in [0.1, 0.15) is 10.4 Å². The number of ketones is 1. The molecular formula is C14H13N3O3. The maximum atomic E-state index is 12.1. The topological polar surface area (TPSA) is 75.2 Å². The SMILES string of the molecule is O=C(CO)[C@@H]1CN1C(=O)c1ccc(-n2cccn2)cc1. The Bertz CT molecular complexity index is 634. The number of rotatable bonds is 4. The Morgan fingerprint density at radius 1 is 1.30 bits per heavy atom. The highest BCUT2D eigenvalue weighted by atomic mass is 16.3. The van der Waals surface area contributed by atoms with Crippen molar-refractivity contribution in [2.75, 3.05) is 13.2 Å². The van der Waals surface area contributed by atoms with Crippen LogP contribution < -0.4 is 0 Å². The van der Waals surface area contributed by atoms with E-state index in [1.54, 1.807) is 35.1 Å². The van der Waals surface area contributed by atoms with Crippen LogP contribution in [0.4, 0.5) is 0 Å². The molecular weight excluding hydrogens is 258 g/mol. The first-order valence-electron chi connectivity index (χ1n) is 6.25. The number of aliphatic hydroxyl groups is 1. The van der Waals surface area contributed by atoms with Gasteiger partial charge < -0.3 is 10.0 Å². The summed E-state index contributed by atoms with van der Waals surface area (Å²) in [5.74, 6) is -0.504. The quantitative estimate of drug-likeness (QED) is 0.809. The first-order chi connectivity index (χ1) is 9.70. The number of aliphatic hydroxyl groups excluding tert-OH is 1. The van der Waals surface area contributed by atoms with Gasteiger partial charge in [0.2, 0.25) is 0 Å². The Balaban J connectivity index is 1.73. The molecule has 6 heteroatoms. The van der Waals surface area contributed by atoms with Gasteiger partial charge in [-0.05, 0) is 30.3 Å². The lowest BCUT2D eigenvalue weighted by Gasteiger charge is -2.05. The molecule has 102 valence electrons. The number of hydrogen-bond acceptors (Lipinski definition) is 4. The standard InChI is InChI=1S/C14H13N3O3/c18-9-13(19)12-8-16(12)14(20)10-2-4-11(5-3-10)17-7-1-6-15-17/h1-7,12,18H,8-9H2/t12-,16?/m0/s1. The number of carbonyl (C=O) groups is 2. The van der Waals surface area contributed by atoms with Crippen molar-refractivity contribution in [2.24, 2.45) is 0 Å². The molecule has 3 rings (SSSR count). The van der Waals surface area contributed by atoms with Gasteiger partial charge in [-0.15, -0.1) is 0 Å². The maximum Gasteiger partial charge on any atom is 0.254 e. The molecule has 0 bridgehead atoms. The van der Waals surface area contributed by atoms with Crippen molar-refractivity contribution < 1.29 is 14.7 Å². The fraction of sp³-hybridized carbons (Fsp3) is 0.214. The molecule has 0 saturated carbocycles. The third kappa shape index (κ3) is 2.21. The molecule has 1 N–H and O–H groups in total. The van der Waals surface area contributed by atoms with Crippen LogP contribution >= 0.6 is 0 Å². The van der Waals surface area contributed by atoms with Crippen molar-refractivity contribution in [3.05, 3.63) is 48.3 Å². The highest BCUT2D eigenvalue weighted by molar-refractivity contribution is 6.01. The summed E-state index contributed by atoms with van der Waals surface area (Å²) >= 11 is 0. The maximum absolute atomic E-state index is 12.1. The van der Waals surface area contributed by atoms with Crippen LogP contribution in [0, 0.1) is 0 Å². The van der Waals surface area contributed by atoms with Crippen LogP contribution in [0.25, 0.3) is 5.69 Å². The molecule has 0 aliphatic carbocycles. The van der Waals surface area contributed by atoms with Crippen LogP contribution in [-0.2, 0) is 4.79 Å². The Morgan fingerprint density at radius 2 is 2.05 bits per heavy atom. The van der Waals surface area contributed by atoms with Gasteiger partial charge in [0.15, 0.2) is 5.78 Å². The van der Waals surface area contributed by atoms with E-state index in [4.69, 9.17) is 5.11 Å². The van der Waals surface area contributed by atoms with Crippen molar-refractivity contribution >= 4 is 11.7 Å². The van der Waals surface area contributed by atoms with Gasteiger partial charge in [-0.1, -0.05) is 0 Å². The Morgan fingerprint density at radius 3 is 2.65 bits per heavy atom. The van der Waals surface area contributed by atoms with Gasteiger partial charge in [0.25, 0.3) is 5.91 Å². The minimum Gasteiger partial charge on any atom is -0.388 e. The van der Waals surface area contributed by atoms with E-state index >= 15 is 0 Å². The molecule has 2 aromatic rings. The second-order valence-electron chi connectivity index (χ2n) is 4.60. The summed E-state index contributed by atoms with van der Waals surface area (Å²) in [5, 5.41) is 12.9. The second kappa shape index (κ2) is 4.90. The van der Waals surface area contributed by atoms with E-state index in [1.165, 1.54) is 4.90 Å². The average molecular weight is 271 g/mol. The van der Waals surface area contributed by atoms with E-state index in [1.807, 2.05) is 12.3 Å². The zero-order chi connectivity index (χ0) is 14.1. The molecule has 1 aliphatic rings. The van der Waals surface area contributed by atoms with E-state index in [2.05, 4.69) is 5.10 Å². The lowest BCUT2D eigenvalue weighted by Crippen LogP contribution is -2.21. The smallest absolute Gasteiger partial charge is 0.254 e. The third-order valence-corrected chi connectivity index (χ3v) is 3.28. The summed E-state index contributed by atoms with van der Waals surface area (Å²) in [4.78, 5) is 24.8. The Kier molecular flexibility index (Phi) is 3.08. The van der Waals surface area contributed by atoms with E-state index < -0.39 is 12.6 Å². The molecule has 1 saturated heterocycles. The molecule has 2 heterocycles. The van der Waals surface area contributed by atoms with Gasteiger partial charge in [0.05, 0.1) is 5.69 Å². The largest absolute Gasteiger partial charge is 0.388 e. The summed E-state index contributed by atoms with van der Waals surface area (Å²) in [5.41, 5.74) is 1.38. The number of carbonyl (C=O) groups excluding carboxylic acids is 2. The van der Waals surface area contributed by atoms with E-state index in [0.717, 1.165) is 5.69 Å². The van der Waals surface area contributed by atoms with Crippen LogP contribution in [0.5, 0.6) is 0 Å². The van der Waals surface area contributed by atoms with Crippen molar-refractivity contribution in [3.8, 4) is 5.69 Å². The monoisotopic (exact) mass is 271 g/mol. The molecule has 1 fully saturated rings. The number of aromatic nitrogens is 2. The average Bonchev–Trinajstić information content (AvgIpc) is 3.10. The summed E-state index contributed by atoms with van der Waals surface area (Å²) in [6.45, 7) is -0.133. The van der Waals surface area contributed by atoms with Gasteiger partial charge in [0, 0.05) is 24.5 Å². The molecule has 0 spiro atoms. The minimum absolute atomic E-state index is 0.191. The highest BCUT2D eigenvalue weighted by Gasteiger charge is 2.43. The van der Waals surface area contributed by atoms with Crippen molar-refractivity contribution in [3.63, 3.8) is 0 Å². The van der Waals surface area contributed by atoms with Gasteiger partial charge in [-0.2, -0.15) is 5.10 Å². The summed E-state index contributed by atoms with van der Waals surface area (Å²) < 4.78 is 1.70. The van der Waals surface area contributed by atoms with Crippen molar-refractivity contribution in [2.45, 2.75) is 6.04 Å². The molecule has 20 heavy (non-hydrogen) atoms. The lowest BCUT2D eigenvalue weighted by atomic mass is 10.2. The molecule has 0 radical (unpaired) electrons. The molecule has 6 nitrogen and oxygen atoms in total. The van der Waals surface area contributed by atoms with Gasteiger partial charge in [0.1, 0.15) is 12.6 Å². The second-order valence-corrected chi connectivity index (χ2v) is 4.60. The zero-order valence-corrected chi connectivity index (χ0v) is 10.6. The predicted molar refractivity (Wildman–Crippen MR) is 70.5 cm³/mol. The summed E-state index contributed by atoms with van der Waals surface area (Å²) in [6, 6.07) is 8.37. The van der Waals surface area contributed by atoms with Crippen molar-refractivity contribution in [1.29, 1.82) is 0 Å². The Labute approximate surface area is 115 Å². The van der Waals surface area contributed by atoms with E-state index in [-0.39, 0.29) is 11.7 Å². The first kappa shape index (κ1) is 12.6. The van der Waals surface area contributed by atoms with Crippen LogP contribution in [0.3, 0.4) is 0 Å². The fourth-order valence-electron chi connectivity index (χ4n) is 2.09. The van der Waals surface area contributed by atoms with E-state index in [9.17, 15) is 9.59 Å². The van der Waals surface area contributed by atoms with Crippen LogP contribution in [0.2, 0.25) is 0 Å². The van der Waals surface area contributed by atoms with Crippen molar-refractivity contribution in [1.82, 2.24) is 14.7 Å². The summed E-state index contributed by atoms with van der Waals surface area (Å²) in [7, 11) is 0. The van der Waals surface area contributed by atoms with Gasteiger partial charge in [-0.3, -0.25) is 9.59 Å². The normalized spacial score (nSPS) is 17.1. The predicted octanol–water partition coefficient (Wildman–Crippen LogP) is 0.258. The molecule has 1 atom stereocenters. The molecule has 0 unspecified atom stereocenters. The van der Waals surface area contributed by atoms with Crippen LogP contribution in [-0.4, -0.2) is 50.7 Å². The molecule has 1 aliphatic heterocycles. The number of nitrogens with zero attached hydrogens (tertiary/aromatic N) is 3. The first-order valence-corrected chi connectivity index (χ1v) is 6.25. The number of hydrogen-bond donors (Lipinski definition) is 1. The van der Waals surface area contributed by atoms with Gasteiger partial charge >= 0.3 is 0 Å². The Hall–Kier alpha value is -2.47. The van der Waals surface area contributed by atoms with E-state index in [0.29, 0.717) is 12.1 Å². The number of amides is 1. The minimum atomic E-state index is -0.521. The van der Waals surface area contributed by atoms with Crippen LogP contribution in [0.15, 0.2) is 42.7 Å². The molecule has 1 aromatic carbocycles.